The van der Waals surface area contributed by atoms with Crippen LogP contribution in [0.15, 0.2) is 140 Å². The van der Waals surface area contributed by atoms with E-state index in [0.29, 0.717) is 5.82 Å². The van der Waals surface area contributed by atoms with Crippen molar-refractivity contribution in [2.45, 2.75) is 5.54 Å². The third-order valence-electron chi connectivity index (χ3n) is 6.55. The Morgan fingerprint density at radius 2 is 1.06 bits per heavy atom. The number of rotatable bonds is 6. The van der Waals surface area contributed by atoms with Gasteiger partial charge in [-0.25, -0.2) is 4.68 Å². The fourth-order valence-corrected chi connectivity index (χ4v) is 4.97. The minimum Gasteiger partial charge on any atom is -0.205 e. The van der Waals surface area contributed by atoms with Crippen LogP contribution >= 0.6 is 0 Å². The van der Waals surface area contributed by atoms with E-state index in [0.717, 1.165) is 33.4 Å². The Labute approximate surface area is 210 Å². The molecule has 0 bridgehead atoms. The number of tetrazole rings is 1. The predicted molar refractivity (Wildman–Crippen MR) is 142 cm³/mol. The fourth-order valence-electron chi connectivity index (χ4n) is 4.97. The van der Waals surface area contributed by atoms with Gasteiger partial charge in [0.1, 0.15) is 5.54 Å². The van der Waals surface area contributed by atoms with Gasteiger partial charge < -0.3 is 0 Å². The molecule has 0 fully saturated rings. The third-order valence-corrected chi connectivity index (χ3v) is 6.55. The number of benzene rings is 5. The van der Waals surface area contributed by atoms with Gasteiger partial charge in [0.05, 0.1) is 0 Å². The zero-order chi connectivity index (χ0) is 24.2. The number of aromatic nitrogens is 4. The fraction of sp³-hybridized carbons (Fsp3) is 0.0312. The molecule has 0 atom stereocenters. The normalized spacial score (nSPS) is 11.3. The second-order valence-electron chi connectivity index (χ2n) is 8.56. The Hall–Kier alpha value is -4.83. The van der Waals surface area contributed by atoms with Crippen LogP contribution in [0, 0.1) is 6.07 Å². The lowest BCUT2D eigenvalue weighted by atomic mass is 9.77. The van der Waals surface area contributed by atoms with Crippen LogP contribution in [0.5, 0.6) is 0 Å². The lowest BCUT2D eigenvalue weighted by molar-refractivity contribution is 0.451. The SMILES string of the molecule is [c]1ccc(-c2ccccc2)c(-c2nnnn2C(c2ccccc2)(c2ccccc2)c2ccccc2)c1. The van der Waals surface area contributed by atoms with Crippen LogP contribution in [0.1, 0.15) is 16.7 Å². The van der Waals surface area contributed by atoms with Crippen molar-refractivity contribution in [3.05, 3.63) is 162 Å². The Bertz CT molecular complexity index is 1460. The van der Waals surface area contributed by atoms with E-state index in [1.165, 1.54) is 0 Å². The minimum atomic E-state index is -0.799. The standard InChI is InChI=1S/C32H23N4/c1-5-15-25(16-6-1)29-23-13-14-24-30(29)31-33-34-35-36(31)32(26-17-7-2-8-18-26,27-19-9-3-10-20-27)28-21-11-4-12-22-28/h1-13,15-24H. The molecule has 6 aromatic rings. The van der Waals surface area contributed by atoms with E-state index in [1.807, 2.05) is 53.2 Å². The molecule has 0 saturated carbocycles. The molecule has 6 rings (SSSR count). The summed E-state index contributed by atoms with van der Waals surface area (Å²) >= 11 is 0. The van der Waals surface area contributed by atoms with E-state index in [9.17, 15) is 0 Å². The van der Waals surface area contributed by atoms with E-state index in [4.69, 9.17) is 0 Å². The molecule has 0 N–H and O–H groups in total. The molecule has 0 aliphatic rings. The first-order valence-electron chi connectivity index (χ1n) is 11.9. The highest BCUT2D eigenvalue weighted by atomic mass is 15.6. The highest BCUT2D eigenvalue weighted by molar-refractivity contribution is 5.80. The summed E-state index contributed by atoms with van der Waals surface area (Å²) in [5.74, 6) is 0.669. The van der Waals surface area contributed by atoms with Crippen molar-refractivity contribution < 1.29 is 0 Å². The molecule has 36 heavy (non-hydrogen) atoms. The average molecular weight is 464 g/mol. The second kappa shape index (κ2) is 9.43. The number of hydrogen-bond donors (Lipinski definition) is 0. The smallest absolute Gasteiger partial charge is 0.184 e. The van der Waals surface area contributed by atoms with Gasteiger partial charge in [-0.2, -0.15) is 0 Å². The van der Waals surface area contributed by atoms with Gasteiger partial charge in [-0.15, -0.1) is 5.10 Å². The molecule has 5 aromatic carbocycles. The van der Waals surface area contributed by atoms with Crippen LogP contribution in [0.4, 0.5) is 0 Å². The second-order valence-corrected chi connectivity index (χ2v) is 8.56. The maximum Gasteiger partial charge on any atom is 0.184 e. The first-order valence-corrected chi connectivity index (χ1v) is 11.9. The molecule has 1 radical (unpaired) electrons. The highest BCUT2D eigenvalue weighted by Crippen LogP contribution is 2.43. The summed E-state index contributed by atoms with van der Waals surface area (Å²) < 4.78 is 1.96. The van der Waals surface area contributed by atoms with Gasteiger partial charge in [-0.3, -0.25) is 0 Å². The summed E-state index contributed by atoms with van der Waals surface area (Å²) in [6.07, 6.45) is 0. The largest absolute Gasteiger partial charge is 0.205 e. The number of hydrogen-bond acceptors (Lipinski definition) is 3. The third kappa shape index (κ3) is 3.60. The lowest BCUT2D eigenvalue weighted by Gasteiger charge is -2.36. The molecule has 171 valence electrons. The summed E-state index contributed by atoms with van der Waals surface area (Å²) in [6.45, 7) is 0. The van der Waals surface area contributed by atoms with Gasteiger partial charge >= 0.3 is 0 Å². The van der Waals surface area contributed by atoms with Crippen molar-refractivity contribution >= 4 is 0 Å². The maximum absolute atomic E-state index is 4.67. The van der Waals surface area contributed by atoms with Gasteiger partial charge in [0.15, 0.2) is 5.82 Å². The molecule has 0 spiro atoms. The summed E-state index contributed by atoms with van der Waals surface area (Å²) in [5, 5.41) is 13.5. The Kier molecular flexibility index (Phi) is 5.68. The molecule has 4 nitrogen and oxygen atoms in total. The zero-order valence-electron chi connectivity index (χ0n) is 19.6. The number of nitrogens with zero attached hydrogens (tertiary/aromatic N) is 4. The molecular formula is C32H23N4. The van der Waals surface area contributed by atoms with Gasteiger partial charge in [0, 0.05) is 5.56 Å². The summed E-state index contributed by atoms with van der Waals surface area (Å²) in [4.78, 5) is 0. The summed E-state index contributed by atoms with van der Waals surface area (Å²) in [7, 11) is 0. The van der Waals surface area contributed by atoms with E-state index in [2.05, 4.69) is 113 Å². The van der Waals surface area contributed by atoms with Gasteiger partial charge in [-0.1, -0.05) is 133 Å². The molecule has 1 heterocycles. The van der Waals surface area contributed by atoms with E-state index < -0.39 is 5.54 Å². The van der Waals surface area contributed by atoms with Crippen LogP contribution in [-0.2, 0) is 5.54 Å². The topological polar surface area (TPSA) is 43.6 Å². The van der Waals surface area contributed by atoms with Gasteiger partial charge in [0.25, 0.3) is 0 Å². The monoisotopic (exact) mass is 463 g/mol. The minimum absolute atomic E-state index is 0.669. The van der Waals surface area contributed by atoms with Crippen LogP contribution < -0.4 is 0 Å². The Morgan fingerprint density at radius 3 is 1.58 bits per heavy atom. The maximum atomic E-state index is 4.67. The van der Waals surface area contributed by atoms with Crippen LogP contribution in [0.2, 0.25) is 0 Å². The molecule has 1 aromatic heterocycles. The van der Waals surface area contributed by atoms with Crippen molar-refractivity contribution in [1.29, 1.82) is 0 Å². The van der Waals surface area contributed by atoms with Crippen molar-refractivity contribution in [2.24, 2.45) is 0 Å². The van der Waals surface area contributed by atoms with E-state index in [-0.39, 0.29) is 0 Å². The van der Waals surface area contributed by atoms with E-state index >= 15 is 0 Å². The Morgan fingerprint density at radius 1 is 0.556 bits per heavy atom. The molecule has 0 saturated heterocycles. The van der Waals surface area contributed by atoms with Crippen LogP contribution in [0.25, 0.3) is 22.5 Å². The summed E-state index contributed by atoms with van der Waals surface area (Å²) in [6, 6.07) is 50.8. The summed E-state index contributed by atoms with van der Waals surface area (Å²) in [5.41, 5.74) is 5.47. The first kappa shape index (κ1) is 21.7. The molecule has 0 aliphatic heterocycles. The predicted octanol–water partition coefficient (Wildman–Crippen LogP) is 6.65. The van der Waals surface area contributed by atoms with Gasteiger partial charge in [-0.05, 0) is 50.4 Å². The van der Waals surface area contributed by atoms with Crippen molar-refractivity contribution in [2.75, 3.05) is 0 Å². The average Bonchev–Trinajstić information content (AvgIpc) is 3.46. The van der Waals surface area contributed by atoms with Crippen molar-refractivity contribution in [3.63, 3.8) is 0 Å². The van der Waals surface area contributed by atoms with Crippen molar-refractivity contribution in [1.82, 2.24) is 20.2 Å². The quantitative estimate of drug-likeness (QED) is 0.260. The molecule has 0 unspecified atom stereocenters. The first-order chi connectivity index (χ1) is 17.9. The van der Waals surface area contributed by atoms with Crippen LogP contribution in [-0.4, -0.2) is 20.2 Å². The molecule has 4 heteroatoms. The Balaban J connectivity index is 1.70. The lowest BCUT2D eigenvalue weighted by Crippen LogP contribution is -2.39. The highest BCUT2D eigenvalue weighted by Gasteiger charge is 2.42. The zero-order valence-corrected chi connectivity index (χ0v) is 19.6. The van der Waals surface area contributed by atoms with Crippen LogP contribution in [0.3, 0.4) is 0 Å². The molecular weight excluding hydrogens is 440 g/mol. The molecule has 0 aliphatic carbocycles. The van der Waals surface area contributed by atoms with Gasteiger partial charge in [0.2, 0.25) is 0 Å². The molecule has 0 amide bonds. The van der Waals surface area contributed by atoms with E-state index in [1.54, 1.807) is 0 Å². The van der Waals surface area contributed by atoms with Crippen molar-refractivity contribution in [3.8, 4) is 22.5 Å².